The van der Waals surface area contributed by atoms with Gasteiger partial charge in [0.1, 0.15) is 0 Å². The van der Waals surface area contributed by atoms with E-state index in [0.717, 1.165) is 37.8 Å². The quantitative estimate of drug-likeness (QED) is 0.886. The lowest BCUT2D eigenvalue weighted by atomic mass is 9.87. The lowest BCUT2D eigenvalue weighted by Gasteiger charge is -2.26. The third kappa shape index (κ3) is 2.71. The maximum absolute atomic E-state index is 12.8. The molecule has 0 atom stereocenters. The number of rotatable bonds is 4. The van der Waals surface area contributed by atoms with Gasteiger partial charge >= 0.3 is 0 Å². The average Bonchev–Trinajstić information content (AvgIpc) is 3.01. The normalized spacial score (nSPS) is 22.6. The summed E-state index contributed by atoms with van der Waals surface area (Å²) in [6.07, 6.45) is 3.88. The monoisotopic (exact) mass is 340 g/mol. The van der Waals surface area contributed by atoms with Crippen LogP contribution in [0.5, 0.6) is 0 Å². The molecule has 0 unspecified atom stereocenters. The molecule has 1 saturated carbocycles. The van der Waals surface area contributed by atoms with Gasteiger partial charge in [0.15, 0.2) is 0 Å². The van der Waals surface area contributed by atoms with Crippen LogP contribution in [0.15, 0.2) is 29.8 Å². The molecule has 0 radical (unpaired) electrons. The summed E-state index contributed by atoms with van der Waals surface area (Å²) in [5.41, 5.74) is 1.30. The average molecular weight is 341 g/mol. The molecule has 0 saturated heterocycles. The minimum Gasteiger partial charge on any atom is -0.313 e. The highest BCUT2D eigenvalue weighted by atomic mass is 35.5. The highest BCUT2D eigenvalue weighted by Crippen LogP contribution is 2.46. The molecule has 3 rings (SSSR count). The van der Waals surface area contributed by atoms with Crippen molar-refractivity contribution >= 4 is 26.5 Å². The first-order valence-corrected chi connectivity index (χ1v) is 9.59. The molecule has 120 valence electrons. The van der Waals surface area contributed by atoms with Crippen LogP contribution in [0.2, 0.25) is 5.02 Å². The second-order valence-corrected chi connectivity index (χ2v) is 8.05. The lowest BCUT2D eigenvalue weighted by Crippen LogP contribution is -2.43. The summed E-state index contributed by atoms with van der Waals surface area (Å²) < 4.78 is 28.5. The fourth-order valence-electron chi connectivity index (χ4n) is 3.56. The van der Waals surface area contributed by atoms with Crippen molar-refractivity contribution in [2.24, 2.45) is 0 Å². The Morgan fingerprint density at radius 3 is 2.45 bits per heavy atom. The van der Waals surface area contributed by atoms with E-state index in [2.05, 4.69) is 10.0 Å². The molecule has 0 aromatic heterocycles. The van der Waals surface area contributed by atoms with Crippen molar-refractivity contribution in [3.05, 3.63) is 40.4 Å². The first kappa shape index (κ1) is 16.0. The Hall–Kier alpha value is -0.880. The number of nitrogens with one attached hydrogen (secondary N) is 2. The fourth-order valence-corrected chi connectivity index (χ4v) is 5.67. The van der Waals surface area contributed by atoms with Gasteiger partial charge in [-0.2, -0.15) is 0 Å². The summed E-state index contributed by atoms with van der Waals surface area (Å²) >= 11 is 5.94. The number of likely N-dealkylation sites (N-methyl/N-ethyl adjacent to an activating group) is 1. The molecule has 1 aromatic carbocycles. The van der Waals surface area contributed by atoms with Crippen molar-refractivity contribution < 1.29 is 8.42 Å². The van der Waals surface area contributed by atoms with Gasteiger partial charge in [0.25, 0.3) is 0 Å². The third-order valence-electron chi connectivity index (χ3n) is 4.57. The molecule has 0 amide bonds. The Kier molecular flexibility index (Phi) is 4.34. The van der Waals surface area contributed by atoms with Crippen molar-refractivity contribution in [3.63, 3.8) is 0 Å². The minimum absolute atomic E-state index is 0.393. The number of hydrogen-bond acceptors (Lipinski definition) is 3. The summed E-state index contributed by atoms with van der Waals surface area (Å²) in [7, 11) is -3.48. The van der Waals surface area contributed by atoms with Crippen molar-refractivity contribution in [1.29, 1.82) is 0 Å². The van der Waals surface area contributed by atoms with Crippen LogP contribution in [0.3, 0.4) is 0 Å². The van der Waals surface area contributed by atoms with Crippen LogP contribution < -0.4 is 10.0 Å². The maximum atomic E-state index is 12.8. The predicted octanol–water partition coefficient (Wildman–Crippen LogP) is 2.91. The van der Waals surface area contributed by atoms with Crippen molar-refractivity contribution in [1.82, 2.24) is 10.0 Å². The summed E-state index contributed by atoms with van der Waals surface area (Å²) in [6.45, 7) is 3.44. The van der Waals surface area contributed by atoms with Crippen molar-refractivity contribution in [2.75, 3.05) is 13.1 Å². The molecule has 2 aliphatic rings. The maximum Gasteiger partial charge on any atom is 0.242 e. The van der Waals surface area contributed by atoms with Crippen LogP contribution in [0, 0.1) is 0 Å². The first-order chi connectivity index (χ1) is 10.5. The molecule has 1 heterocycles. The van der Waals surface area contributed by atoms with Gasteiger partial charge < -0.3 is 5.32 Å². The largest absolute Gasteiger partial charge is 0.313 e. The van der Waals surface area contributed by atoms with Crippen molar-refractivity contribution in [3.8, 4) is 0 Å². The minimum atomic E-state index is -3.48. The number of hydrogen-bond donors (Lipinski definition) is 2. The second kappa shape index (κ2) is 5.96. The standard InChI is InChI=1S/C16H21ClN2O2S/c1-2-18-11-14-15(12-5-7-13(17)8-6-12)22(20,21)19-16(14)9-3-4-10-16/h5-8,18-19H,2-4,9-11H2,1H3. The summed E-state index contributed by atoms with van der Waals surface area (Å²) in [5.74, 6) is 0. The SMILES string of the molecule is CCNCC1=C(c2ccc(Cl)cc2)S(=O)(=O)NC12CCCC2. The Labute approximate surface area is 137 Å². The zero-order valence-electron chi connectivity index (χ0n) is 12.7. The van der Waals surface area contributed by atoms with E-state index < -0.39 is 15.6 Å². The molecule has 1 spiro atoms. The van der Waals surface area contributed by atoms with Gasteiger partial charge in [0, 0.05) is 11.6 Å². The van der Waals surface area contributed by atoms with Crippen LogP contribution in [0.4, 0.5) is 0 Å². The molecular formula is C16H21ClN2O2S. The van der Waals surface area contributed by atoms with Gasteiger partial charge in [0.05, 0.1) is 10.4 Å². The molecule has 0 bridgehead atoms. The van der Waals surface area contributed by atoms with Gasteiger partial charge in [-0.05, 0) is 42.7 Å². The van der Waals surface area contributed by atoms with Gasteiger partial charge in [-0.25, -0.2) is 13.1 Å². The lowest BCUT2D eigenvalue weighted by molar-refractivity contribution is 0.456. The van der Waals surface area contributed by atoms with Gasteiger partial charge in [-0.3, -0.25) is 0 Å². The second-order valence-electron chi connectivity index (χ2n) is 5.99. The Balaban J connectivity index is 2.15. The highest BCUT2D eigenvalue weighted by molar-refractivity contribution is 7.99. The molecule has 22 heavy (non-hydrogen) atoms. The van der Waals surface area contributed by atoms with E-state index in [1.165, 1.54) is 0 Å². The van der Waals surface area contributed by atoms with Gasteiger partial charge in [0.2, 0.25) is 10.0 Å². The van der Waals surface area contributed by atoms with Crippen LogP contribution in [0.25, 0.3) is 4.91 Å². The van der Waals surface area contributed by atoms with E-state index in [9.17, 15) is 8.42 Å². The summed E-state index contributed by atoms with van der Waals surface area (Å²) in [4.78, 5) is 0.437. The van der Waals surface area contributed by atoms with Crippen LogP contribution >= 0.6 is 11.6 Å². The molecule has 4 nitrogen and oxygen atoms in total. The number of benzene rings is 1. The van der Waals surface area contributed by atoms with Crippen LogP contribution in [0.1, 0.15) is 38.2 Å². The molecular weight excluding hydrogens is 320 g/mol. The van der Waals surface area contributed by atoms with Crippen LogP contribution in [-0.2, 0) is 10.0 Å². The number of halogens is 1. The summed E-state index contributed by atoms with van der Waals surface area (Å²) in [6, 6.07) is 7.06. The van der Waals surface area contributed by atoms with Gasteiger partial charge in [-0.1, -0.05) is 43.5 Å². The topological polar surface area (TPSA) is 58.2 Å². The molecule has 6 heteroatoms. The third-order valence-corrected chi connectivity index (χ3v) is 6.50. The Morgan fingerprint density at radius 1 is 1.23 bits per heavy atom. The molecule has 1 aliphatic heterocycles. The molecule has 1 aromatic rings. The highest BCUT2D eigenvalue weighted by Gasteiger charge is 2.49. The molecule has 2 N–H and O–H groups in total. The first-order valence-electron chi connectivity index (χ1n) is 7.73. The zero-order valence-corrected chi connectivity index (χ0v) is 14.2. The summed E-state index contributed by atoms with van der Waals surface area (Å²) in [5, 5.41) is 3.91. The molecule has 1 aliphatic carbocycles. The van der Waals surface area contributed by atoms with E-state index in [-0.39, 0.29) is 0 Å². The van der Waals surface area contributed by atoms with E-state index in [0.29, 0.717) is 22.0 Å². The van der Waals surface area contributed by atoms with Gasteiger partial charge in [-0.15, -0.1) is 0 Å². The van der Waals surface area contributed by atoms with Crippen LogP contribution in [-0.4, -0.2) is 27.0 Å². The smallest absolute Gasteiger partial charge is 0.242 e. The Bertz CT molecular complexity index is 689. The van der Waals surface area contributed by atoms with E-state index in [1.807, 2.05) is 6.92 Å². The van der Waals surface area contributed by atoms with E-state index in [1.54, 1.807) is 24.3 Å². The molecule has 1 fully saturated rings. The Morgan fingerprint density at radius 2 is 1.86 bits per heavy atom. The number of sulfonamides is 1. The van der Waals surface area contributed by atoms with E-state index >= 15 is 0 Å². The van der Waals surface area contributed by atoms with Crippen molar-refractivity contribution in [2.45, 2.75) is 38.1 Å². The zero-order chi connectivity index (χ0) is 15.8. The van der Waals surface area contributed by atoms with E-state index in [4.69, 9.17) is 11.6 Å². The predicted molar refractivity (Wildman–Crippen MR) is 90.2 cm³/mol. The fraction of sp³-hybridized carbons (Fsp3) is 0.500.